The van der Waals surface area contributed by atoms with Crippen LogP contribution >= 0.6 is 23.1 Å². The van der Waals surface area contributed by atoms with Crippen LogP contribution in [0.4, 0.5) is 0 Å². The standard InChI is InChI=1S/C23H33NO4S2/c1-23(28,14-16-6-3-2-4-7-16)12-5-8-17-9-10-20(25)18(17)11-13-29-22-24-19(15-30-22)21(26)27/h5,8,15-18,28H,2-4,6-7,9-14H2,1H3,(H,26,27). The molecule has 1 aromatic heterocycles. The number of hydrogen-bond donors (Lipinski definition) is 2. The predicted octanol–water partition coefficient (Wildman–Crippen LogP) is 5.59. The van der Waals surface area contributed by atoms with Gasteiger partial charge < -0.3 is 10.2 Å². The van der Waals surface area contributed by atoms with Crippen LogP contribution in [0, 0.1) is 17.8 Å². The van der Waals surface area contributed by atoms with Crippen molar-refractivity contribution in [3.05, 3.63) is 23.2 Å². The number of aliphatic hydroxyl groups is 1. The lowest BCUT2D eigenvalue weighted by Crippen LogP contribution is -2.28. The summed E-state index contributed by atoms with van der Waals surface area (Å²) in [5.74, 6) is 0.989. The molecule has 3 atom stereocenters. The van der Waals surface area contributed by atoms with Gasteiger partial charge in [0.15, 0.2) is 10.0 Å². The molecule has 0 bridgehead atoms. The Bertz CT molecular complexity index is 752. The van der Waals surface area contributed by atoms with E-state index < -0.39 is 11.6 Å². The second kappa shape index (κ2) is 10.9. The second-order valence-electron chi connectivity index (χ2n) is 9.05. The third kappa shape index (κ3) is 6.92. The summed E-state index contributed by atoms with van der Waals surface area (Å²) in [5.41, 5.74) is -0.584. The number of carbonyl (C=O) groups excluding carboxylic acids is 1. The zero-order valence-electron chi connectivity index (χ0n) is 17.7. The summed E-state index contributed by atoms with van der Waals surface area (Å²) in [6.45, 7) is 1.94. The van der Waals surface area contributed by atoms with Gasteiger partial charge in [0.2, 0.25) is 0 Å². The first-order chi connectivity index (χ1) is 14.3. The molecule has 5 nitrogen and oxygen atoms in total. The average Bonchev–Trinajstić information content (AvgIpc) is 3.30. The van der Waals surface area contributed by atoms with Crippen molar-refractivity contribution in [1.29, 1.82) is 0 Å². The molecular formula is C23H33NO4S2. The minimum Gasteiger partial charge on any atom is -0.476 e. The monoisotopic (exact) mass is 451 g/mol. The summed E-state index contributed by atoms with van der Waals surface area (Å²) in [5, 5.41) is 21.3. The van der Waals surface area contributed by atoms with E-state index >= 15 is 0 Å². The highest BCUT2D eigenvalue weighted by atomic mass is 32.2. The van der Waals surface area contributed by atoms with Crippen LogP contribution in [-0.2, 0) is 4.79 Å². The number of ketones is 1. The summed E-state index contributed by atoms with van der Waals surface area (Å²) in [6.07, 6.45) is 14.4. The number of nitrogens with zero attached hydrogens (tertiary/aromatic N) is 1. The molecule has 166 valence electrons. The van der Waals surface area contributed by atoms with Crippen molar-refractivity contribution in [3.63, 3.8) is 0 Å². The lowest BCUT2D eigenvalue weighted by Gasteiger charge is -2.30. The minimum atomic E-state index is -1.01. The summed E-state index contributed by atoms with van der Waals surface area (Å²) < 4.78 is 0.740. The molecule has 3 rings (SSSR count). The van der Waals surface area contributed by atoms with Crippen molar-refractivity contribution in [3.8, 4) is 0 Å². The number of carboxylic acid groups (broad SMARTS) is 1. The molecule has 2 N–H and O–H groups in total. The molecule has 3 unspecified atom stereocenters. The topological polar surface area (TPSA) is 87.5 Å². The number of Topliss-reactive ketones (excluding diaryl/α,β-unsaturated/α-hetero) is 1. The van der Waals surface area contributed by atoms with E-state index in [4.69, 9.17) is 5.11 Å². The van der Waals surface area contributed by atoms with Crippen LogP contribution in [-0.4, -0.2) is 38.3 Å². The smallest absolute Gasteiger partial charge is 0.355 e. The fourth-order valence-electron chi connectivity index (χ4n) is 4.83. The summed E-state index contributed by atoms with van der Waals surface area (Å²) in [6, 6.07) is 0. The van der Waals surface area contributed by atoms with E-state index in [1.165, 1.54) is 55.2 Å². The lowest BCUT2D eigenvalue weighted by molar-refractivity contribution is -0.121. The number of aromatic nitrogens is 1. The molecule has 1 aromatic rings. The van der Waals surface area contributed by atoms with E-state index in [2.05, 4.69) is 17.1 Å². The first-order valence-corrected chi connectivity index (χ1v) is 12.9. The SMILES string of the molecule is CC(O)(CC=CC1CCC(=O)C1CCSc1nc(C(=O)O)cs1)CC1CCCCC1. The summed E-state index contributed by atoms with van der Waals surface area (Å²) >= 11 is 2.86. The second-order valence-corrected chi connectivity index (χ2v) is 11.3. The lowest BCUT2D eigenvalue weighted by atomic mass is 9.80. The largest absolute Gasteiger partial charge is 0.476 e. The average molecular weight is 452 g/mol. The van der Waals surface area contributed by atoms with Crippen molar-refractivity contribution < 1.29 is 19.8 Å². The summed E-state index contributed by atoms with van der Waals surface area (Å²) in [7, 11) is 0. The van der Waals surface area contributed by atoms with E-state index in [1.807, 2.05) is 6.92 Å². The number of carbonyl (C=O) groups is 2. The van der Waals surface area contributed by atoms with E-state index in [0.717, 1.165) is 29.4 Å². The normalized spacial score (nSPS) is 25.1. The van der Waals surface area contributed by atoms with Gasteiger partial charge in [-0.15, -0.1) is 11.3 Å². The van der Waals surface area contributed by atoms with Gasteiger partial charge in [-0.3, -0.25) is 4.79 Å². The van der Waals surface area contributed by atoms with E-state index in [1.54, 1.807) is 5.38 Å². The van der Waals surface area contributed by atoms with Gasteiger partial charge in [0, 0.05) is 23.5 Å². The minimum absolute atomic E-state index is 0.0240. The van der Waals surface area contributed by atoms with Gasteiger partial charge >= 0.3 is 5.97 Å². The highest BCUT2D eigenvalue weighted by molar-refractivity contribution is 8.01. The molecule has 0 aliphatic heterocycles. The summed E-state index contributed by atoms with van der Waals surface area (Å²) in [4.78, 5) is 27.4. The van der Waals surface area contributed by atoms with Crippen LogP contribution in [0.3, 0.4) is 0 Å². The molecule has 2 aliphatic rings. The zero-order valence-corrected chi connectivity index (χ0v) is 19.3. The number of aromatic carboxylic acids is 1. The number of thioether (sulfide) groups is 1. The Morgan fingerprint density at radius 3 is 2.80 bits per heavy atom. The Labute approximate surface area is 187 Å². The van der Waals surface area contributed by atoms with Gasteiger partial charge in [-0.2, -0.15) is 0 Å². The zero-order chi connectivity index (χ0) is 21.6. The first kappa shape index (κ1) is 23.5. The Hall–Kier alpha value is -1.18. The number of hydrogen-bond acceptors (Lipinski definition) is 6. The molecule has 30 heavy (non-hydrogen) atoms. The van der Waals surface area contributed by atoms with E-state index in [9.17, 15) is 14.7 Å². The van der Waals surface area contributed by atoms with Crippen LogP contribution in [0.5, 0.6) is 0 Å². The fraction of sp³-hybridized carbons (Fsp3) is 0.696. The maximum absolute atomic E-state index is 12.4. The van der Waals surface area contributed by atoms with Crippen molar-refractivity contribution in [1.82, 2.24) is 4.98 Å². The predicted molar refractivity (Wildman–Crippen MR) is 121 cm³/mol. The molecule has 2 saturated carbocycles. The van der Waals surface area contributed by atoms with Gasteiger partial charge in [0.25, 0.3) is 0 Å². The number of carboxylic acids is 1. The van der Waals surface area contributed by atoms with Crippen LogP contribution in [0.2, 0.25) is 0 Å². The Morgan fingerprint density at radius 2 is 2.10 bits per heavy atom. The van der Waals surface area contributed by atoms with Gasteiger partial charge in [-0.05, 0) is 44.4 Å². The maximum Gasteiger partial charge on any atom is 0.355 e. The van der Waals surface area contributed by atoms with Crippen LogP contribution < -0.4 is 0 Å². The molecule has 7 heteroatoms. The van der Waals surface area contributed by atoms with Gasteiger partial charge in [0.1, 0.15) is 5.78 Å². The number of allylic oxidation sites excluding steroid dienone is 1. The van der Waals surface area contributed by atoms with Crippen molar-refractivity contribution in [2.45, 2.75) is 81.1 Å². The third-order valence-corrected chi connectivity index (χ3v) is 8.46. The molecular weight excluding hydrogens is 418 g/mol. The van der Waals surface area contributed by atoms with Gasteiger partial charge in [-0.1, -0.05) is 56.0 Å². The molecule has 2 aliphatic carbocycles. The first-order valence-electron chi connectivity index (χ1n) is 11.1. The molecule has 1 heterocycles. The molecule has 0 radical (unpaired) electrons. The van der Waals surface area contributed by atoms with Crippen LogP contribution in [0.25, 0.3) is 0 Å². The van der Waals surface area contributed by atoms with Crippen molar-refractivity contribution in [2.75, 3.05) is 5.75 Å². The van der Waals surface area contributed by atoms with E-state index in [0.29, 0.717) is 24.5 Å². The van der Waals surface area contributed by atoms with Crippen molar-refractivity contribution >= 4 is 34.9 Å². The number of thiazole rings is 1. The molecule has 0 spiro atoms. The molecule has 0 amide bonds. The van der Waals surface area contributed by atoms with Gasteiger partial charge in [0.05, 0.1) is 5.60 Å². The fourth-order valence-corrected chi connectivity index (χ4v) is 6.72. The third-order valence-electron chi connectivity index (χ3n) is 6.41. The molecule has 0 saturated heterocycles. The number of rotatable bonds is 10. The Balaban J connectivity index is 1.45. The van der Waals surface area contributed by atoms with Crippen LogP contribution in [0.15, 0.2) is 21.9 Å². The highest BCUT2D eigenvalue weighted by Gasteiger charge is 2.33. The maximum atomic E-state index is 12.4. The van der Waals surface area contributed by atoms with Crippen molar-refractivity contribution in [2.24, 2.45) is 17.8 Å². The molecule has 0 aromatic carbocycles. The van der Waals surface area contributed by atoms with E-state index in [-0.39, 0.29) is 17.5 Å². The Kier molecular flexibility index (Phi) is 8.54. The quantitative estimate of drug-likeness (QED) is 0.356. The Morgan fingerprint density at radius 1 is 1.33 bits per heavy atom. The van der Waals surface area contributed by atoms with Crippen LogP contribution in [0.1, 0.15) is 81.6 Å². The highest BCUT2D eigenvalue weighted by Crippen LogP contribution is 2.36. The van der Waals surface area contributed by atoms with Gasteiger partial charge in [-0.25, -0.2) is 9.78 Å². The molecule has 2 fully saturated rings.